The van der Waals surface area contributed by atoms with Crippen LogP contribution >= 0.6 is 0 Å². The van der Waals surface area contributed by atoms with Crippen molar-refractivity contribution in [2.45, 2.75) is 33.4 Å². The Bertz CT molecular complexity index is 1150. The van der Waals surface area contributed by atoms with Crippen LogP contribution in [-0.4, -0.2) is 30.9 Å². The molecule has 140 valence electrons. The van der Waals surface area contributed by atoms with Crippen LogP contribution in [-0.2, 0) is 26.6 Å². The summed E-state index contributed by atoms with van der Waals surface area (Å²) in [5.41, 5.74) is 2.31. The van der Waals surface area contributed by atoms with Crippen molar-refractivity contribution < 1.29 is 0 Å². The number of rotatable bonds is 4. The monoisotopic (exact) mass is 366 g/mol. The Morgan fingerprint density at radius 3 is 2.59 bits per heavy atom. The molecule has 3 heterocycles. The van der Waals surface area contributed by atoms with Crippen LogP contribution in [0.3, 0.4) is 0 Å². The van der Waals surface area contributed by atoms with Gasteiger partial charge < -0.3 is 0 Å². The maximum atomic E-state index is 12.9. The fourth-order valence-electron chi connectivity index (χ4n) is 3.53. The summed E-state index contributed by atoms with van der Waals surface area (Å²) >= 11 is 0. The van der Waals surface area contributed by atoms with Gasteiger partial charge in [-0.3, -0.25) is 18.5 Å². The van der Waals surface area contributed by atoms with E-state index in [0.29, 0.717) is 36.7 Å². The topological polar surface area (TPSA) is 77.4 Å². The Morgan fingerprint density at radius 1 is 1.15 bits per heavy atom. The summed E-state index contributed by atoms with van der Waals surface area (Å²) in [4.78, 5) is 29.9. The fraction of sp³-hybridized carbons (Fsp3) is 0.368. The number of benzene rings is 1. The maximum absolute atomic E-state index is 12.9. The van der Waals surface area contributed by atoms with Crippen LogP contribution in [0.4, 0.5) is 5.95 Å². The molecule has 0 radical (unpaired) electrons. The molecule has 2 aromatic heterocycles. The Morgan fingerprint density at radius 2 is 1.89 bits per heavy atom. The van der Waals surface area contributed by atoms with Gasteiger partial charge in [-0.2, -0.15) is 10.1 Å². The molecule has 8 heteroatoms. The van der Waals surface area contributed by atoms with Crippen LogP contribution in [0.1, 0.15) is 19.4 Å². The first-order chi connectivity index (χ1) is 13.0. The van der Waals surface area contributed by atoms with Crippen LogP contribution in [0, 0.1) is 0 Å². The number of aryl methyl sites for hydroxylation is 1. The average Bonchev–Trinajstić information content (AvgIpc) is 3.05. The summed E-state index contributed by atoms with van der Waals surface area (Å²) in [6, 6.07) is 10.2. The van der Waals surface area contributed by atoms with Crippen LogP contribution < -0.4 is 16.3 Å². The van der Waals surface area contributed by atoms with Crippen LogP contribution in [0.2, 0.25) is 0 Å². The third-order valence-electron chi connectivity index (χ3n) is 4.89. The summed E-state index contributed by atoms with van der Waals surface area (Å²) in [5.74, 6) is 0.604. The van der Waals surface area contributed by atoms with E-state index in [2.05, 4.69) is 22.2 Å². The lowest BCUT2D eigenvalue weighted by molar-refractivity contribution is 0.634. The Labute approximate surface area is 156 Å². The van der Waals surface area contributed by atoms with Gasteiger partial charge in [-0.25, -0.2) is 9.80 Å². The average molecular weight is 366 g/mol. The molecule has 1 aliphatic rings. The van der Waals surface area contributed by atoms with Gasteiger partial charge >= 0.3 is 5.69 Å². The Kier molecular flexibility index (Phi) is 4.18. The van der Waals surface area contributed by atoms with Crippen molar-refractivity contribution in [2.75, 3.05) is 11.6 Å². The number of hydrogen-bond acceptors (Lipinski definition) is 5. The second-order valence-electron chi connectivity index (χ2n) is 6.76. The molecule has 0 unspecified atom stereocenters. The number of hydrogen-bond donors (Lipinski definition) is 0. The van der Waals surface area contributed by atoms with Gasteiger partial charge in [-0.05, 0) is 25.8 Å². The number of anilines is 1. The molecule has 4 rings (SSSR count). The number of fused-ring (bicyclic) bond motifs is 3. The van der Waals surface area contributed by atoms with Crippen molar-refractivity contribution in [2.24, 2.45) is 12.1 Å². The minimum atomic E-state index is -0.348. The van der Waals surface area contributed by atoms with Gasteiger partial charge in [-0.1, -0.05) is 30.3 Å². The van der Waals surface area contributed by atoms with Crippen LogP contribution in [0.5, 0.6) is 0 Å². The van der Waals surface area contributed by atoms with Gasteiger partial charge in [0.05, 0.1) is 12.3 Å². The molecule has 0 spiro atoms. The summed E-state index contributed by atoms with van der Waals surface area (Å²) in [5, 5.41) is 6.45. The first kappa shape index (κ1) is 17.3. The fourth-order valence-corrected chi connectivity index (χ4v) is 3.53. The van der Waals surface area contributed by atoms with E-state index in [4.69, 9.17) is 0 Å². The summed E-state index contributed by atoms with van der Waals surface area (Å²) in [6.45, 7) is 5.18. The molecule has 0 aliphatic carbocycles. The standard InChI is InChI=1S/C19H22N6O2/c1-4-23-17(26)15-16(22(3)19(23)27)20-18-24(15)12-13(2)21-25(18)11-10-14-8-6-5-7-9-14/h5-9H,4,10-12H2,1-3H3. The van der Waals surface area contributed by atoms with E-state index in [1.807, 2.05) is 34.7 Å². The van der Waals surface area contributed by atoms with Crippen molar-refractivity contribution >= 4 is 22.8 Å². The van der Waals surface area contributed by atoms with E-state index in [0.717, 1.165) is 12.1 Å². The first-order valence-corrected chi connectivity index (χ1v) is 9.07. The second-order valence-corrected chi connectivity index (χ2v) is 6.76. The van der Waals surface area contributed by atoms with E-state index in [9.17, 15) is 9.59 Å². The van der Waals surface area contributed by atoms with Gasteiger partial charge in [-0.15, -0.1) is 0 Å². The minimum Gasteiger partial charge on any atom is -0.297 e. The van der Waals surface area contributed by atoms with E-state index in [1.165, 1.54) is 14.7 Å². The van der Waals surface area contributed by atoms with Crippen molar-refractivity contribution in [3.63, 3.8) is 0 Å². The molecule has 0 bridgehead atoms. The minimum absolute atomic E-state index is 0.299. The molecule has 0 saturated heterocycles. The van der Waals surface area contributed by atoms with Gasteiger partial charge in [0.15, 0.2) is 11.2 Å². The predicted molar refractivity (Wildman–Crippen MR) is 106 cm³/mol. The normalized spacial score (nSPS) is 13.7. The highest BCUT2D eigenvalue weighted by molar-refractivity contribution is 5.87. The third kappa shape index (κ3) is 2.77. The molecule has 0 saturated carbocycles. The Balaban J connectivity index is 1.83. The second kappa shape index (κ2) is 6.53. The maximum Gasteiger partial charge on any atom is 0.332 e. The van der Waals surface area contributed by atoms with Crippen molar-refractivity contribution in [3.8, 4) is 0 Å². The summed E-state index contributed by atoms with van der Waals surface area (Å²) in [7, 11) is 1.65. The van der Waals surface area contributed by atoms with Crippen molar-refractivity contribution in [1.29, 1.82) is 0 Å². The first-order valence-electron chi connectivity index (χ1n) is 9.07. The molecule has 0 atom stereocenters. The highest BCUT2D eigenvalue weighted by Gasteiger charge is 2.26. The Hall–Kier alpha value is -3.16. The molecule has 0 N–H and O–H groups in total. The lowest BCUT2D eigenvalue weighted by atomic mass is 10.1. The largest absolute Gasteiger partial charge is 0.332 e. The molecule has 1 aromatic carbocycles. The van der Waals surface area contributed by atoms with Crippen molar-refractivity contribution in [1.82, 2.24) is 18.7 Å². The van der Waals surface area contributed by atoms with Crippen molar-refractivity contribution in [3.05, 3.63) is 56.7 Å². The molecule has 27 heavy (non-hydrogen) atoms. The van der Waals surface area contributed by atoms with E-state index in [-0.39, 0.29) is 11.2 Å². The number of hydrazone groups is 1. The zero-order chi connectivity index (χ0) is 19.1. The predicted octanol–water partition coefficient (Wildman–Crippen LogP) is 1.36. The van der Waals surface area contributed by atoms with E-state index < -0.39 is 0 Å². The molecule has 3 aromatic rings. The molecule has 1 aliphatic heterocycles. The number of aromatic nitrogens is 4. The van der Waals surface area contributed by atoms with Gasteiger partial charge in [0.1, 0.15) is 0 Å². The lowest BCUT2D eigenvalue weighted by Gasteiger charge is -2.24. The molecular formula is C19H22N6O2. The van der Waals surface area contributed by atoms with Gasteiger partial charge in [0, 0.05) is 20.1 Å². The van der Waals surface area contributed by atoms with Gasteiger partial charge in [0.25, 0.3) is 5.56 Å². The number of imidazole rings is 1. The molecule has 8 nitrogen and oxygen atoms in total. The highest BCUT2D eigenvalue weighted by Crippen LogP contribution is 2.23. The van der Waals surface area contributed by atoms with E-state index >= 15 is 0 Å². The molecule has 0 amide bonds. The molecular weight excluding hydrogens is 344 g/mol. The zero-order valence-electron chi connectivity index (χ0n) is 15.7. The third-order valence-corrected chi connectivity index (χ3v) is 4.89. The van der Waals surface area contributed by atoms with Gasteiger partial charge in [0.2, 0.25) is 5.95 Å². The zero-order valence-corrected chi connectivity index (χ0v) is 15.7. The smallest absolute Gasteiger partial charge is 0.297 e. The number of nitrogens with zero attached hydrogens (tertiary/aromatic N) is 6. The summed E-state index contributed by atoms with van der Waals surface area (Å²) in [6.07, 6.45) is 0.805. The SMILES string of the molecule is CCn1c(=O)c2c(nc3n2CC(C)=NN3CCc2ccccc2)n(C)c1=O. The van der Waals surface area contributed by atoms with Crippen LogP contribution in [0.25, 0.3) is 11.2 Å². The highest BCUT2D eigenvalue weighted by atomic mass is 16.2. The molecule has 0 fully saturated rings. The lowest BCUT2D eigenvalue weighted by Crippen LogP contribution is -2.39. The van der Waals surface area contributed by atoms with E-state index in [1.54, 1.807) is 14.0 Å². The van der Waals surface area contributed by atoms with Crippen LogP contribution in [0.15, 0.2) is 45.0 Å². The summed E-state index contributed by atoms with van der Waals surface area (Å²) < 4.78 is 4.56. The quantitative estimate of drug-likeness (QED) is 0.698.